The number of hydrogen-bond acceptors (Lipinski definition) is 7. The monoisotopic (exact) mass is 347 g/mol. The first-order valence-corrected chi connectivity index (χ1v) is 13.6. The summed E-state index contributed by atoms with van der Waals surface area (Å²) in [7, 11) is -2.74. The van der Waals surface area contributed by atoms with Crippen LogP contribution in [0, 0.1) is 0 Å². The second-order valence-corrected chi connectivity index (χ2v) is 15.3. The van der Waals surface area contributed by atoms with E-state index in [4.69, 9.17) is 13.7 Å². The molecule has 0 aliphatic carbocycles. The molecule has 0 spiro atoms. The molecular weight excluding hydrogens is 322 g/mol. The molecule has 0 unspecified atom stereocenters. The molecule has 0 aromatic rings. The van der Waals surface area contributed by atoms with E-state index >= 15 is 0 Å². The summed E-state index contributed by atoms with van der Waals surface area (Å²) < 4.78 is 15.4. The minimum absolute atomic E-state index is 0.0598. The number of carbonyl (C=O) groups excluding carboxylic acids is 2. The SMILES string of the molecule is C=C(O[Si](C)(C)C)C(=NOCC(=O)O[Si](C)(C)C)C(=O)OC. The summed E-state index contributed by atoms with van der Waals surface area (Å²) in [6.07, 6.45) is 0. The van der Waals surface area contributed by atoms with Gasteiger partial charge in [0.25, 0.3) is 0 Å². The maximum absolute atomic E-state index is 11.7. The van der Waals surface area contributed by atoms with Crippen LogP contribution in [0.2, 0.25) is 39.3 Å². The first-order valence-electron chi connectivity index (χ1n) is 6.74. The highest BCUT2D eigenvalue weighted by Gasteiger charge is 2.25. The number of esters is 1. The van der Waals surface area contributed by atoms with Crippen molar-refractivity contribution in [3.8, 4) is 0 Å². The van der Waals surface area contributed by atoms with E-state index in [1.807, 2.05) is 39.3 Å². The fourth-order valence-corrected chi connectivity index (χ4v) is 2.81. The molecule has 0 fully saturated rings. The van der Waals surface area contributed by atoms with E-state index in [0.29, 0.717) is 0 Å². The number of rotatable bonds is 8. The van der Waals surface area contributed by atoms with E-state index in [1.54, 1.807) is 0 Å². The van der Waals surface area contributed by atoms with Crippen molar-refractivity contribution in [3.05, 3.63) is 12.3 Å². The lowest BCUT2D eigenvalue weighted by molar-refractivity contribution is -0.140. The zero-order chi connectivity index (χ0) is 17.6. The average molecular weight is 348 g/mol. The molecule has 0 heterocycles. The van der Waals surface area contributed by atoms with Crippen molar-refractivity contribution in [2.24, 2.45) is 5.16 Å². The summed E-state index contributed by atoms with van der Waals surface area (Å²) in [4.78, 5) is 28.1. The average Bonchev–Trinajstić information content (AvgIpc) is 2.29. The summed E-state index contributed by atoms with van der Waals surface area (Å²) in [5, 5.41) is 3.60. The van der Waals surface area contributed by atoms with Crippen molar-refractivity contribution >= 4 is 34.3 Å². The number of methoxy groups -OCH3 is 1. The Bertz CT molecular complexity index is 462. The van der Waals surface area contributed by atoms with Gasteiger partial charge in [-0.05, 0) is 39.3 Å². The largest absolute Gasteiger partial charge is 0.543 e. The maximum atomic E-state index is 11.7. The fourth-order valence-electron chi connectivity index (χ4n) is 1.24. The van der Waals surface area contributed by atoms with Gasteiger partial charge in [-0.25, -0.2) is 9.59 Å². The highest BCUT2D eigenvalue weighted by atomic mass is 28.4. The summed E-state index contributed by atoms with van der Waals surface area (Å²) >= 11 is 0. The van der Waals surface area contributed by atoms with Gasteiger partial charge in [-0.2, -0.15) is 0 Å². The molecule has 0 saturated carbocycles. The van der Waals surface area contributed by atoms with E-state index in [1.165, 1.54) is 7.11 Å². The molecule has 0 aliphatic heterocycles. The highest BCUT2D eigenvalue weighted by Crippen LogP contribution is 2.11. The van der Waals surface area contributed by atoms with E-state index in [-0.39, 0.29) is 11.5 Å². The van der Waals surface area contributed by atoms with Gasteiger partial charge in [0.15, 0.2) is 0 Å². The van der Waals surface area contributed by atoms with Crippen LogP contribution >= 0.6 is 0 Å². The van der Waals surface area contributed by atoms with Gasteiger partial charge in [-0.15, -0.1) is 0 Å². The Hall–Kier alpha value is -1.62. The first kappa shape index (κ1) is 20.4. The van der Waals surface area contributed by atoms with E-state index < -0.39 is 35.2 Å². The van der Waals surface area contributed by atoms with Gasteiger partial charge in [-0.3, -0.25) is 0 Å². The molecule has 0 radical (unpaired) electrons. The minimum atomic E-state index is -1.99. The van der Waals surface area contributed by atoms with Crippen molar-refractivity contribution in [2.75, 3.05) is 13.7 Å². The summed E-state index contributed by atoms with van der Waals surface area (Å²) in [6.45, 7) is 14.7. The molecule has 22 heavy (non-hydrogen) atoms. The molecular formula is C13H25NO6Si2. The normalized spacial score (nSPS) is 12.4. The number of hydrogen-bond donors (Lipinski definition) is 0. The van der Waals surface area contributed by atoms with Gasteiger partial charge < -0.3 is 18.4 Å². The van der Waals surface area contributed by atoms with Crippen LogP contribution in [0.3, 0.4) is 0 Å². The molecule has 7 nitrogen and oxygen atoms in total. The quantitative estimate of drug-likeness (QED) is 0.220. The van der Waals surface area contributed by atoms with Crippen molar-refractivity contribution in [3.63, 3.8) is 0 Å². The minimum Gasteiger partial charge on any atom is -0.543 e. The van der Waals surface area contributed by atoms with Crippen LogP contribution in [-0.4, -0.2) is 48.0 Å². The number of ether oxygens (including phenoxy) is 1. The molecule has 9 heteroatoms. The van der Waals surface area contributed by atoms with E-state index in [2.05, 4.69) is 16.5 Å². The van der Waals surface area contributed by atoms with Crippen LogP contribution < -0.4 is 0 Å². The maximum Gasteiger partial charge on any atom is 0.363 e. The van der Waals surface area contributed by atoms with Crippen LogP contribution in [0.25, 0.3) is 0 Å². The van der Waals surface area contributed by atoms with Gasteiger partial charge in [0, 0.05) is 0 Å². The smallest absolute Gasteiger partial charge is 0.363 e. The fraction of sp³-hybridized carbons (Fsp3) is 0.615. The van der Waals surface area contributed by atoms with Crippen LogP contribution in [-0.2, 0) is 28.0 Å². The van der Waals surface area contributed by atoms with Crippen molar-refractivity contribution in [1.82, 2.24) is 0 Å². The summed E-state index contributed by atoms with van der Waals surface area (Å²) in [6, 6.07) is 0. The Balaban J connectivity index is 4.81. The summed E-state index contributed by atoms with van der Waals surface area (Å²) in [5.41, 5.74) is -0.203. The van der Waals surface area contributed by atoms with Gasteiger partial charge in [0.1, 0.15) is 5.76 Å². The lowest BCUT2D eigenvalue weighted by Gasteiger charge is -2.20. The zero-order valence-corrected chi connectivity index (χ0v) is 16.3. The van der Waals surface area contributed by atoms with Crippen LogP contribution in [0.15, 0.2) is 17.5 Å². The molecule has 0 saturated heterocycles. The third kappa shape index (κ3) is 9.34. The first-order chi connectivity index (χ1) is 9.85. The third-order valence-electron chi connectivity index (χ3n) is 1.83. The van der Waals surface area contributed by atoms with Gasteiger partial charge >= 0.3 is 11.9 Å². The predicted octanol–water partition coefficient (Wildman–Crippen LogP) is 2.28. The molecule has 0 aromatic heterocycles. The molecule has 126 valence electrons. The van der Waals surface area contributed by atoms with Crippen LogP contribution in [0.4, 0.5) is 0 Å². The number of nitrogens with zero attached hydrogens (tertiary/aromatic N) is 1. The summed E-state index contributed by atoms with van der Waals surface area (Å²) in [5.74, 6) is -1.23. The lowest BCUT2D eigenvalue weighted by atomic mass is 10.3. The zero-order valence-electron chi connectivity index (χ0n) is 14.3. The van der Waals surface area contributed by atoms with Gasteiger partial charge in [0.2, 0.25) is 29.0 Å². The Labute approximate surface area is 133 Å². The van der Waals surface area contributed by atoms with Crippen LogP contribution in [0.5, 0.6) is 0 Å². The predicted molar refractivity (Wildman–Crippen MR) is 88.4 cm³/mol. The second kappa shape index (κ2) is 8.13. The standard InChI is InChI=1S/C13H25NO6Si2/c1-10(19-21(3,4)5)12(13(16)17-2)14-18-9-11(15)20-22(6,7)8/h1,9H2,2-8H3. The lowest BCUT2D eigenvalue weighted by Crippen LogP contribution is -2.31. The topological polar surface area (TPSA) is 83.4 Å². The number of oxime groups is 1. The Kier molecular flexibility index (Phi) is 7.53. The number of carbonyl (C=O) groups is 2. The Morgan fingerprint density at radius 2 is 1.50 bits per heavy atom. The Morgan fingerprint density at radius 1 is 1.00 bits per heavy atom. The van der Waals surface area contributed by atoms with Crippen LogP contribution in [0.1, 0.15) is 0 Å². The third-order valence-corrected chi connectivity index (χ3v) is 3.53. The van der Waals surface area contributed by atoms with E-state index in [0.717, 1.165) is 0 Å². The van der Waals surface area contributed by atoms with Gasteiger partial charge in [0.05, 0.1) is 7.11 Å². The molecule has 0 bridgehead atoms. The second-order valence-electron chi connectivity index (χ2n) is 6.43. The molecule has 0 amide bonds. The van der Waals surface area contributed by atoms with Crippen molar-refractivity contribution in [1.29, 1.82) is 0 Å². The van der Waals surface area contributed by atoms with Gasteiger partial charge in [-0.1, -0.05) is 11.7 Å². The molecule has 0 aromatic carbocycles. The Morgan fingerprint density at radius 3 is 1.91 bits per heavy atom. The molecule has 0 aliphatic rings. The van der Waals surface area contributed by atoms with E-state index in [9.17, 15) is 9.59 Å². The highest BCUT2D eigenvalue weighted by molar-refractivity contribution is 6.71. The molecule has 0 rings (SSSR count). The molecule has 0 N–H and O–H groups in total. The van der Waals surface area contributed by atoms with Crippen molar-refractivity contribution in [2.45, 2.75) is 39.3 Å². The molecule has 0 atom stereocenters. The van der Waals surface area contributed by atoms with Crippen molar-refractivity contribution < 1.29 is 28.0 Å².